The molecule has 8 nitrogen and oxygen atoms in total. The van der Waals surface area contributed by atoms with Gasteiger partial charge >= 0.3 is 4.87 Å². The number of nitrogens with one attached hydrogen (secondary N) is 2. The standard InChI is InChI=1S/C22H21N3O5S/c1-14-12-31-22(28)25(14)9-8-20(26)24-17-5-3-2-4-16(17)21(27)23-11-15-6-7-18-19(10-15)30-13-29-18/h2-7,10,12H,8-9,11,13H2,1H3,(H,23,27)(H,24,26). The van der Waals surface area contributed by atoms with E-state index in [0.717, 1.165) is 22.6 Å². The zero-order valence-corrected chi connectivity index (χ0v) is 17.7. The number of hydrogen-bond donors (Lipinski definition) is 2. The van der Waals surface area contributed by atoms with Gasteiger partial charge in [-0.1, -0.05) is 29.5 Å². The third-order valence-corrected chi connectivity index (χ3v) is 5.76. The molecule has 1 aliphatic rings. The van der Waals surface area contributed by atoms with Gasteiger partial charge in [-0.15, -0.1) is 0 Å². The molecule has 31 heavy (non-hydrogen) atoms. The third kappa shape index (κ3) is 4.77. The summed E-state index contributed by atoms with van der Waals surface area (Å²) in [5.74, 6) is 0.759. The van der Waals surface area contributed by atoms with Crippen LogP contribution in [-0.4, -0.2) is 23.2 Å². The van der Waals surface area contributed by atoms with Gasteiger partial charge in [-0.25, -0.2) is 0 Å². The molecule has 2 heterocycles. The Labute approximate surface area is 182 Å². The Morgan fingerprint density at radius 3 is 2.74 bits per heavy atom. The van der Waals surface area contributed by atoms with Crippen LogP contribution < -0.4 is 25.0 Å². The van der Waals surface area contributed by atoms with Crippen LogP contribution in [0.25, 0.3) is 0 Å². The molecule has 0 unspecified atom stereocenters. The predicted octanol–water partition coefficient (Wildman–Crippen LogP) is 2.91. The quantitative estimate of drug-likeness (QED) is 0.590. The highest BCUT2D eigenvalue weighted by Crippen LogP contribution is 2.32. The normalized spacial score (nSPS) is 11.9. The number of rotatable bonds is 7. The highest BCUT2D eigenvalue weighted by molar-refractivity contribution is 7.07. The fourth-order valence-electron chi connectivity index (χ4n) is 3.22. The number of amides is 2. The summed E-state index contributed by atoms with van der Waals surface area (Å²) in [6.07, 6.45) is 0.130. The first kappa shape index (κ1) is 20.7. The lowest BCUT2D eigenvalue weighted by molar-refractivity contribution is -0.116. The average Bonchev–Trinajstić information content (AvgIpc) is 3.36. The summed E-state index contributed by atoms with van der Waals surface area (Å²) in [6.45, 7) is 2.62. The van der Waals surface area contributed by atoms with Gasteiger partial charge in [0.2, 0.25) is 12.7 Å². The summed E-state index contributed by atoms with van der Waals surface area (Å²) in [5.41, 5.74) is 2.48. The molecule has 2 amide bonds. The van der Waals surface area contributed by atoms with Crippen molar-refractivity contribution in [2.75, 3.05) is 12.1 Å². The van der Waals surface area contributed by atoms with Gasteiger partial charge in [-0.05, 0) is 36.8 Å². The van der Waals surface area contributed by atoms with Crippen LogP contribution in [0.15, 0.2) is 52.6 Å². The third-order valence-electron chi connectivity index (χ3n) is 4.87. The van der Waals surface area contributed by atoms with Crippen molar-refractivity contribution < 1.29 is 19.1 Å². The molecule has 4 rings (SSSR count). The molecular weight excluding hydrogens is 418 g/mol. The number of aryl methyl sites for hydroxylation is 1. The SMILES string of the molecule is Cc1csc(=O)n1CCC(=O)Nc1ccccc1C(=O)NCc1ccc2c(c1)OCO2. The van der Waals surface area contributed by atoms with Gasteiger partial charge in [0.25, 0.3) is 5.91 Å². The molecule has 0 aliphatic carbocycles. The average molecular weight is 439 g/mol. The number of carbonyl (C=O) groups excluding carboxylic acids is 2. The van der Waals surface area contributed by atoms with Crippen LogP contribution in [0.2, 0.25) is 0 Å². The van der Waals surface area contributed by atoms with Gasteiger partial charge in [0, 0.05) is 30.6 Å². The fraction of sp³-hybridized carbons (Fsp3) is 0.227. The Kier molecular flexibility index (Phi) is 6.03. The van der Waals surface area contributed by atoms with E-state index in [2.05, 4.69) is 10.6 Å². The van der Waals surface area contributed by atoms with E-state index >= 15 is 0 Å². The molecule has 0 fully saturated rings. The minimum absolute atomic E-state index is 0.0893. The van der Waals surface area contributed by atoms with Crippen LogP contribution in [0.3, 0.4) is 0 Å². The Morgan fingerprint density at radius 1 is 1.13 bits per heavy atom. The summed E-state index contributed by atoms with van der Waals surface area (Å²) in [5, 5.41) is 7.40. The second-order valence-corrected chi connectivity index (χ2v) is 7.83. The molecule has 0 saturated carbocycles. The summed E-state index contributed by atoms with van der Waals surface area (Å²) in [4.78, 5) is 36.8. The zero-order chi connectivity index (χ0) is 21.8. The number of benzene rings is 2. The molecule has 1 aliphatic heterocycles. The van der Waals surface area contributed by atoms with Gasteiger partial charge in [-0.2, -0.15) is 0 Å². The number of aromatic nitrogens is 1. The number of ether oxygens (including phenoxy) is 2. The van der Waals surface area contributed by atoms with Crippen molar-refractivity contribution in [3.63, 3.8) is 0 Å². The minimum atomic E-state index is -0.307. The van der Waals surface area contributed by atoms with Gasteiger partial charge in [0.15, 0.2) is 11.5 Å². The Balaban J connectivity index is 1.37. The summed E-state index contributed by atoms with van der Waals surface area (Å²) >= 11 is 1.11. The molecule has 2 N–H and O–H groups in total. The fourth-order valence-corrected chi connectivity index (χ4v) is 3.98. The van der Waals surface area contributed by atoms with Crippen LogP contribution in [0.4, 0.5) is 5.69 Å². The number of hydrogen-bond acceptors (Lipinski definition) is 6. The molecule has 0 atom stereocenters. The van der Waals surface area contributed by atoms with E-state index in [1.807, 2.05) is 19.1 Å². The summed E-state index contributed by atoms with van der Waals surface area (Å²) < 4.78 is 12.2. The molecule has 160 valence electrons. The molecule has 0 radical (unpaired) electrons. The molecule has 0 saturated heterocycles. The van der Waals surface area contributed by atoms with E-state index in [9.17, 15) is 14.4 Å². The van der Waals surface area contributed by atoms with E-state index < -0.39 is 0 Å². The van der Waals surface area contributed by atoms with Crippen molar-refractivity contribution in [3.8, 4) is 11.5 Å². The minimum Gasteiger partial charge on any atom is -0.454 e. The number of thiazole rings is 1. The van der Waals surface area contributed by atoms with Crippen molar-refractivity contribution in [3.05, 3.63) is 74.3 Å². The molecule has 9 heteroatoms. The zero-order valence-electron chi connectivity index (χ0n) is 16.8. The number of carbonyl (C=O) groups is 2. The lowest BCUT2D eigenvalue weighted by Gasteiger charge is -2.12. The van der Waals surface area contributed by atoms with Crippen molar-refractivity contribution in [2.24, 2.45) is 0 Å². The molecule has 0 bridgehead atoms. The molecular formula is C22H21N3O5S. The highest BCUT2D eigenvalue weighted by atomic mass is 32.1. The Bertz CT molecular complexity index is 1180. The number of anilines is 1. The second kappa shape index (κ2) is 9.05. The maximum absolute atomic E-state index is 12.7. The van der Waals surface area contributed by atoms with Crippen LogP contribution >= 0.6 is 11.3 Å². The number of para-hydroxylation sites is 1. The predicted molar refractivity (Wildman–Crippen MR) is 117 cm³/mol. The smallest absolute Gasteiger partial charge is 0.307 e. The van der Waals surface area contributed by atoms with Crippen molar-refractivity contribution >= 4 is 28.8 Å². The van der Waals surface area contributed by atoms with Crippen molar-refractivity contribution in [2.45, 2.75) is 26.4 Å². The largest absolute Gasteiger partial charge is 0.454 e. The van der Waals surface area contributed by atoms with E-state index in [1.165, 1.54) is 0 Å². The maximum atomic E-state index is 12.7. The molecule has 3 aromatic rings. The van der Waals surface area contributed by atoms with Gasteiger partial charge in [-0.3, -0.25) is 14.4 Å². The first-order valence-corrected chi connectivity index (χ1v) is 10.6. The summed E-state index contributed by atoms with van der Waals surface area (Å²) in [7, 11) is 0. The van der Waals surface area contributed by atoms with Gasteiger partial charge in [0.05, 0.1) is 11.3 Å². The monoisotopic (exact) mass is 439 g/mol. The molecule has 0 spiro atoms. The van der Waals surface area contributed by atoms with Gasteiger partial charge < -0.3 is 24.7 Å². The van der Waals surface area contributed by atoms with Crippen molar-refractivity contribution in [1.82, 2.24) is 9.88 Å². The van der Waals surface area contributed by atoms with E-state index in [0.29, 0.717) is 35.8 Å². The summed E-state index contributed by atoms with van der Waals surface area (Å²) in [6, 6.07) is 12.3. The van der Waals surface area contributed by atoms with E-state index in [4.69, 9.17) is 9.47 Å². The highest BCUT2D eigenvalue weighted by Gasteiger charge is 2.16. The van der Waals surface area contributed by atoms with E-state index in [1.54, 1.807) is 40.3 Å². The van der Waals surface area contributed by atoms with Crippen LogP contribution in [0, 0.1) is 6.92 Å². The van der Waals surface area contributed by atoms with Crippen molar-refractivity contribution in [1.29, 1.82) is 0 Å². The number of nitrogens with zero attached hydrogens (tertiary/aromatic N) is 1. The van der Waals surface area contributed by atoms with E-state index in [-0.39, 0.29) is 29.9 Å². The number of fused-ring (bicyclic) bond motifs is 1. The molecule has 1 aromatic heterocycles. The Morgan fingerprint density at radius 2 is 1.94 bits per heavy atom. The topological polar surface area (TPSA) is 98.7 Å². The van der Waals surface area contributed by atoms with Crippen LogP contribution in [0.5, 0.6) is 11.5 Å². The Hall–Kier alpha value is -3.59. The second-order valence-electron chi connectivity index (χ2n) is 7.01. The lowest BCUT2D eigenvalue weighted by Crippen LogP contribution is -2.25. The first-order chi connectivity index (χ1) is 15.0. The molecule has 2 aromatic carbocycles. The lowest BCUT2D eigenvalue weighted by atomic mass is 10.1. The van der Waals surface area contributed by atoms with Gasteiger partial charge in [0.1, 0.15) is 0 Å². The van der Waals surface area contributed by atoms with Crippen LogP contribution in [-0.2, 0) is 17.9 Å². The first-order valence-electron chi connectivity index (χ1n) is 9.72. The van der Waals surface area contributed by atoms with Crippen LogP contribution in [0.1, 0.15) is 28.0 Å². The maximum Gasteiger partial charge on any atom is 0.307 e.